The van der Waals surface area contributed by atoms with Crippen molar-refractivity contribution in [2.24, 2.45) is 0 Å². The largest absolute Gasteiger partial charge is 0.399 e. The first-order chi connectivity index (χ1) is 7.00. The van der Waals surface area contributed by atoms with E-state index in [2.05, 4.69) is 27.8 Å². The molecule has 0 fully saturated rings. The number of amides is 1. The molecule has 1 aromatic carbocycles. The van der Waals surface area contributed by atoms with Crippen molar-refractivity contribution < 1.29 is 4.79 Å². The molecule has 1 rings (SSSR count). The van der Waals surface area contributed by atoms with Crippen LogP contribution in [0.1, 0.15) is 10.4 Å². The van der Waals surface area contributed by atoms with Gasteiger partial charge in [-0.3, -0.25) is 4.79 Å². The number of anilines is 1. The number of nitrogens with two attached hydrogens (primary N) is 1. The first-order valence-corrected chi connectivity index (χ1v) is 5.34. The number of nitrogen functional groups attached to an aromatic ring is 1. The van der Waals surface area contributed by atoms with Crippen molar-refractivity contribution in [3.05, 3.63) is 39.8 Å². The van der Waals surface area contributed by atoms with Gasteiger partial charge < -0.3 is 11.1 Å². The van der Waals surface area contributed by atoms with Crippen molar-refractivity contribution in [1.29, 1.82) is 0 Å². The van der Waals surface area contributed by atoms with E-state index in [0.29, 0.717) is 20.8 Å². The maximum absolute atomic E-state index is 11.6. The summed E-state index contributed by atoms with van der Waals surface area (Å²) in [6.45, 7) is 3.71. The van der Waals surface area contributed by atoms with Gasteiger partial charge in [0.05, 0.1) is 12.1 Å². The van der Waals surface area contributed by atoms with Crippen molar-refractivity contribution in [2.75, 3.05) is 12.3 Å². The molecular weight excluding hydrogens is 279 g/mol. The number of hydrogen-bond acceptors (Lipinski definition) is 2. The van der Waals surface area contributed by atoms with E-state index in [0.717, 1.165) is 0 Å². The molecule has 3 N–H and O–H groups in total. The fraction of sp³-hybridized carbons (Fsp3) is 0.100. The van der Waals surface area contributed by atoms with Crippen LogP contribution in [-0.2, 0) is 0 Å². The van der Waals surface area contributed by atoms with E-state index in [1.807, 2.05) is 0 Å². The highest BCUT2D eigenvalue weighted by Gasteiger charge is 2.09. The molecule has 0 atom stereocenters. The monoisotopic (exact) mass is 288 g/mol. The lowest BCUT2D eigenvalue weighted by Gasteiger charge is -2.06. The molecule has 80 valence electrons. The highest BCUT2D eigenvalue weighted by atomic mass is 79.9. The highest BCUT2D eigenvalue weighted by Crippen LogP contribution is 2.19. The molecule has 15 heavy (non-hydrogen) atoms. The van der Waals surface area contributed by atoms with Gasteiger partial charge in [0.2, 0.25) is 0 Å². The third-order valence-electron chi connectivity index (χ3n) is 1.68. The maximum atomic E-state index is 11.6. The van der Waals surface area contributed by atoms with Crippen LogP contribution >= 0.6 is 27.5 Å². The standard InChI is InChI=1S/C10H10BrClN2O/c1-6(12)5-14-10(15)8-4-7(13)2-3-9(8)11/h2-4H,1,5,13H2,(H,14,15). The summed E-state index contributed by atoms with van der Waals surface area (Å²) in [6.07, 6.45) is 0. The van der Waals surface area contributed by atoms with Crippen LogP contribution in [0.3, 0.4) is 0 Å². The van der Waals surface area contributed by atoms with Crippen LogP contribution in [0.15, 0.2) is 34.3 Å². The maximum Gasteiger partial charge on any atom is 0.252 e. The van der Waals surface area contributed by atoms with E-state index >= 15 is 0 Å². The molecule has 0 saturated heterocycles. The second kappa shape index (κ2) is 5.19. The predicted molar refractivity (Wildman–Crippen MR) is 65.9 cm³/mol. The molecule has 0 spiro atoms. The van der Waals surface area contributed by atoms with E-state index in [-0.39, 0.29) is 12.5 Å². The Hall–Kier alpha value is -1.00. The van der Waals surface area contributed by atoms with Gasteiger partial charge in [0, 0.05) is 15.2 Å². The number of rotatable bonds is 3. The van der Waals surface area contributed by atoms with Gasteiger partial charge in [-0.15, -0.1) is 0 Å². The molecule has 3 nitrogen and oxygen atoms in total. The second-order valence-electron chi connectivity index (χ2n) is 2.94. The van der Waals surface area contributed by atoms with Gasteiger partial charge >= 0.3 is 0 Å². The van der Waals surface area contributed by atoms with Crippen molar-refractivity contribution in [1.82, 2.24) is 5.32 Å². The van der Waals surface area contributed by atoms with Gasteiger partial charge in [-0.05, 0) is 34.1 Å². The average Bonchev–Trinajstić information content (AvgIpc) is 2.18. The van der Waals surface area contributed by atoms with Crippen molar-refractivity contribution in [3.8, 4) is 0 Å². The van der Waals surface area contributed by atoms with Gasteiger partial charge in [0.1, 0.15) is 0 Å². The van der Waals surface area contributed by atoms with Gasteiger partial charge in [-0.2, -0.15) is 0 Å². The number of benzene rings is 1. The van der Waals surface area contributed by atoms with Crippen LogP contribution in [0.5, 0.6) is 0 Å². The third kappa shape index (κ3) is 3.57. The Morgan fingerprint density at radius 1 is 1.60 bits per heavy atom. The number of halogens is 2. The molecule has 0 aliphatic rings. The summed E-state index contributed by atoms with van der Waals surface area (Å²) < 4.78 is 0.689. The van der Waals surface area contributed by atoms with Gasteiger partial charge in [-0.25, -0.2) is 0 Å². The number of nitrogens with one attached hydrogen (secondary N) is 1. The average molecular weight is 290 g/mol. The van der Waals surface area contributed by atoms with E-state index in [4.69, 9.17) is 17.3 Å². The van der Waals surface area contributed by atoms with Crippen LogP contribution in [0.2, 0.25) is 0 Å². The van der Waals surface area contributed by atoms with Crippen LogP contribution in [0, 0.1) is 0 Å². The summed E-state index contributed by atoms with van der Waals surface area (Å²) in [7, 11) is 0. The van der Waals surface area contributed by atoms with Crippen LogP contribution in [-0.4, -0.2) is 12.5 Å². The Morgan fingerprint density at radius 3 is 2.87 bits per heavy atom. The second-order valence-corrected chi connectivity index (χ2v) is 4.33. The summed E-state index contributed by atoms with van der Waals surface area (Å²) in [5.41, 5.74) is 6.59. The molecule has 0 aromatic heterocycles. The number of carbonyl (C=O) groups is 1. The molecule has 1 amide bonds. The van der Waals surface area contributed by atoms with E-state index in [1.165, 1.54) is 0 Å². The SMILES string of the molecule is C=C(Cl)CNC(=O)c1cc(N)ccc1Br. The topological polar surface area (TPSA) is 55.1 Å². The molecule has 0 aliphatic carbocycles. The predicted octanol–water partition coefficient (Wildman–Crippen LogP) is 2.51. The highest BCUT2D eigenvalue weighted by molar-refractivity contribution is 9.10. The molecule has 0 saturated carbocycles. The van der Waals surface area contributed by atoms with E-state index < -0.39 is 0 Å². The fourth-order valence-corrected chi connectivity index (χ4v) is 1.48. The lowest BCUT2D eigenvalue weighted by molar-refractivity contribution is 0.0957. The van der Waals surface area contributed by atoms with Gasteiger partial charge in [-0.1, -0.05) is 18.2 Å². The summed E-state index contributed by atoms with van der Waals surface area (Å²) >= 11 is 8.80. The third-order valence-corrected chi connectivity index (χ3v) is 2.50. The molecular formula is C10H10BrClN2O. The number of carbonyl (C=O) groups excluding carboxylic acids is 1. The van der Waals surface area contributed by atoms with Gasteiger partial charge in [0.15, 0.2) is 0 Å². The summed E-state index contributed by atoms with van der Waals surface area (Å²) in [6, 6.07) is 5.03. The Kier molecular flexibility index (Phi) is 4.17. The van der Waals surface area contributed by atoms with Crippen LogP contribution < -0.4 is 11.1 Å². The molecule has 1 aromatic rings. The minimum Gasteiger partial charge on any atom is -0.399 e. The zero-order valence-electron chi connectivity index (χ0n) is 7.89. The first-order valence-electron chi connectivity index (χ1n) is 4.17. The summed E-state index contributed by atoms with van der Waals surface area (Å²) in [5.74, 6) is -0.240. The Bertz CT molecular complexity index is 406. The summed E-state index contributed by atoms with van der Waals surface area (Å²) in [5, 5.41) is 2.99. The zero-order valence-corrected chi connectivity index (χ0v) is 10.2. The molecule has 0 heterocycles. The van der Waals surface area contributed by atoms with Crippen LogP contribution in [0.25, 0.3) is 0 Å². The minimum atomic E-state index is -0.240. The quantitative estimate of drug-likeness (QED) is 0.840. The Labute approximate surface area is 101 Å². The van der Waals surface area contributed by atoms with E-state index in [1.54, 1.807) is 18.2 Å². The lowest BCUT2D eigenvalue weighted by Crippen LogP contribution is -2.24. The Balaban J connectivity index is 2.81. The van der Waals surface area contributed by atoms with Crippen molar-refractivity contribution >= 4 is 39.1 Å². The molecule has 0 bridgehead atoms. The Morgan fingerprint density at radius 2 is 2.27 bits per heavy atom. The lowest BCUT2D eigenvalue weighted by atomic mass is 10.2. The number of hydrogen-bond donors (Lipinski definition) is 2. The normalized spacial score (nSPS) is 9.73. The fourth-order valence-electron chi connectivity index (χ4n) is 0.988. The molecule has 0 radical (unpaired) electrons. The first kappa shape index (κ1) is 12.1. The van der Waals surface area contributed by atoms with E-state index in [9.17, 15) is 4.79 Å². The minimum absolute atomic E-state index is 0.238. The van der Waals surface area contributed by atoms with Crippen molar-refractivity contribution in [3.63, 3.8) is 0 Å². The van der Waals surface area contributed by atoms with Gasteiger partial charge in [0.25, 0.3) is 5.91 Å². The zero-order chi connectivity index (χ0) is 11.4. The van der Waals surface area contributed by atoms with Crippen LogP contribution in [0.4, 0.5) is 5.69 Å². The smallest absolute Gasteiger partial charge is 0.252 e. The van der Waals surface area contributed by atoms with Crippen molar-refractivity contribution in [2.45, 2.75) is 0 Å². The molecule has 5 heteroatoms. The molecule has 0 aliphatic heterocycles. The summed E-state index contributed by atoms with van der Waals surface area (Å²) in [4.78, 5) is 11.6. The molecule has 0 unspecified atom stereocenters.